The van der Waals surface area contributed by atoms with Gasteiger partial charge in [0.1, 0.15) is 5.82 Å². The molecule has 1 aromatic carbocycles. The largest absolute Gasteiger partial charge is 0.381 e. The maximum absolute atomic E-state index is 13.2. The van der Waals surface area contributed by atoms with Gasteiger partial charge < -0.3 is 9.47 Å². The molecule has 1 spiro atoms. The molecule has 0 aromatic heterocycles. The van der Waals surface area contributed by atoms with Gasteiger partial charge in [-0.25, -0.2) is 4.39 Å². The van der Waals surface area contributed by atoms with Crippen LogP contribution in [0, 0.1) is 15.3 Å². The number of benzene rings is 1. The molecule has 2 heterocycles. The van der Waals surface area contributed by atoms with Gasteiger partial charge >= 0.3 is 0 Å². The van der Waals surface area contributed by atoms with Crippen LogP contribution in [0.2, 0.25) is 0 Å². The molecule has 0 aliphatic carbocycles. The lowest BCUT2D eigenvalue weighted by molar-refractivity contribution is -0.142. The minimum absolute atomic E-state index is 0.0316. The summed E-state index contributed by atoms with van der Waals surface area (Å²) < 4.78 is 25.3. The number of rotatable bonds is 2. The van der Waals surface area contributed by atoms with Crippen LogP contribution >= 0.6 is 22.6 Å². The van der Waals surface area contributed by atoms with Gasteiger partial charge in [0.2, 0.25) is 0 Å². The van der Waals surface area contributed by atoms with Gasteiger partial charge in [0.05, 0.1) is 5.60 Å². The van der Waals surface area contributed by atoms with Crippen LogP contribution < -0.4 is 0 Å². The van der Waals surface area contributed by atoms with Crippen LogP contribution in [-0.4, -0.2) is 31.2 Å². The molecule has 3 rings (SSSR count). The molecule has 0 bridgehead atoms. The molecule has 3 nitrogen and oxygen atoms in total. The van der Waals surface area contributed by atoms with E-state index in [2.05, 4.69) is 0 Å². The summed E-state index contributed by atoms with van der Waals surface area (Å²) >= 11 is 2.03. The fourth-order valence-electron chi connectivity index (χ4n) is 3.25. The van der Waals surface area contributed by atoms with Crippen molar-refractivity contribution in [1.29, 1.82) is 0 Å². The van der Waals surface area contributed by atoms with Crippen LogP contribution in [0.4, 0.5) is 4.39 Å². The van der Waals surface area contributed by atoms with Crippen molar-refractivity contribution in [1.82, 2.24) is 0 Å². The molecule has 0 N–H and O–H groups in total. The summed E-state index contributed by atoms with van der Waals surface area (Å²) in [7, 11) is 0. The minimum atomic E-state index is -0.302. The highest BCUT2D eigenvalue weighted by molar-refractivity contribution is 14.1. The molecule has 2 fully saturated rings. The number of carbonyl (C=O) groups excluding carboxylic acids is 1. The predicted octanol–water partition coefficient (Wildman–Crippen LogP) is 3.59. The van der Waals surface area contributed by atoms with Gasteiger partial charge in [0.25, 0.3) is 0 Å². The molecule has 2 saturated heterocycles. The van der Waals surface area contributed by atoms with Crippen molar-refractivity contribution in [2.75, 3.05) is 19.8 Å². The van der Waals surface area contributed by atoms with E-state index in [0.717, 1.165) is 25.7 Å². The van der Waals surface area contributed by atoms with Crippen molar-refractivity contribution in [2.24, 2.45) is 5.92 Å². The molecule has 1 aromatic rings. The van der Waals surface area contributed by atoms with Gasteiger partial charge in [0, 0.05) is 34.9 Å². The van der Waals surface area contributed by atoms with Crippen molar-refractivity contribution >= 4 is 28.4 Å². The fourth-order valence-corrected chi connectivity index (χ4v) is 4.00. The van der Waals surface area contributed by atoms with Crippen LogP contribution in [0.1, 0.15) is 36.0 Å². The molecule has 0 amide bonds. The summed E-state index contributed by atoms with van der Waals surface area (Å²) in [5.41, 5.74) is 0.438. The van der Waals surface area contributed by atoms with Gasteiger partial charge in [-0.05, 0) is 66.5 Å². The molecule has 21 heavy (non-hydrogen) atoms. The number of carbonyl (C=O) groups is 1. The summed E-state index contributed by atoms with van der Waals surface area (Å²) in [6.45, 7) is 2.03. The summed E-state index contributed by atoms with van der Waals surface area (Å²) in [5.74, 6) is -0.215. The Balaban J connectivity index is 1.77. The first-order chi connectivity index (χ1) is 10.1. The summed E-state index contributed by atoms with van der Waals surface area (Å²) in [6, 6.07) is 4.38. The van der Waals surface area contributed by atoms with Gasteiger partial charge in [-0.2, -0.15) is 0 Å². The van der Waals surface area contributed by atoms with Crippen molar-refractivity contribution < 1.29 is 18.7 Å². The number of Topliss-reactive ketones (excluding diaryl/α,β-unsaturated/α-hetero) is 1. The van der Waals surface area contributed by atoms with Crippen LogP contribution in [-0.2, 0) is 9.47 Å². The Kier molecular flexibility index (Phi) is 4.61. The molecule has 0 saturated carbocycles. The maximum Gasteiger partial charge on any atom is 0.167 e. The lowest BCUT2D eigenvalue weighted by atomic mass is 9.78. The van der Waals surface area contributed by atoms with Crippen LogP contribution in [0.5, 0.6) is 0 Å². The quantitative estimate of drug-likeness (QED) is 0.559. The molecule has 2 aliphatic rings. The van der Waals surface area contributed by atoms with Crippen LogP contribution in [0.25, 0.3) is 0 Å². The van der Waals surface area contributed by atoms with Crippen molar-refractivity contribution in [3.05, 3.63) is 33.1 Å². The zero-order valence-electron chi connectivity index (χ0n) is 11.7. The first-order valence-corrected chi connectivity index (χ1v) is 8.38. The maximum atomic E-state index is 13.2. The average molecular weight is 404 g/mol. The predicted molar refractivity (Wildman–Crippen MR) is 84.9 cm³/mol. The normalized spacial score (nSPS) is 25.0. The summed E-state index contributed by atoms with van der Waals surface area (Å²) in [4.78, 5) is 12.7. The molecule has 1 unspecified atom stereocenters. The van der Waals surface area contributed by atoms with Crippen LogP contribution in [0.15, 0.2) is 18.2 Å². The lowest BCUT2D eigenvalue weighted by Crippen LogP contribution is -2.46. The number of halogens is 2. The SMILES string of the molecule is O=C(c1ccc(F)cc1I)C1CCOC2(CCOCC2)C1. The fraction of sp³-hybridized carbons (Fsp3) is 0.562. The second-order valence-electron chi connectivity index (χ2n) is 5.82. The van der Waals surface area contributed by atoms with Gasteiger partial charge in [0.15, 0.2) is 5.78 Å². The number of hydrogen-bond donors (Lipinski definition) is 0. The molecule has 2 aliphatic heterocycles. The highest BCUT2D eigenvalue weighted by atomic mass is 127. The standard InChI is InChI=1S/C16H18FIO3/c17-12-1-2-13(14(18)9-12)15(19)11-3-6-21-16(10-11)4-7-20-8-5-16/h1-2,9,11H,3-8,10H2. The Morgan fingerprint density at radius 3 is 2.76 bits per heavy atom. The van der Waals surface area contributed by atoms with Gasteiger partial charge in [-0.1, -0.05) is 0 Å². The zero-order chi connectivity index (χ0) is 14.9. The van der Waals surface area contributed by atoms with Crippen LogP contribution in [0.3, 0.4) is 0 Å². The molecule has 1 atom stereocenters. The number of hydrogen-bond acceptors (Lipinski definition) is 3. The minimum Gasteiger partial charge on any atom is -0.381 e. The van der Waals surface area contributed by atoms with Gasteiger partial charge in [-0.3, -0.25) is 4.79 Å². The second-order valence-corrected chi connectivity index (χ2v) is 6.98. The van der Waals surface area contributed by atoms with E-state index in [9.17, 15) is 9.18 Å². The Labute approximate surface area is 137 Å². The summed E-state index contributed by atoms with van der Waals surface area (Å²) in [5, 5.41) is 0. The third-order valence-electron chi connectivity index (χ3n) is 4.46. The van der Waals surface area contributed by atoms with E-state index in [-0.39, 0.29) is 23.1 Å². The third kappa shape index (κ3) is 3.29. The Hall–Kier alpha value is -0.530. The Morgan fingerprint density at radius 2 is 2.05 bits per heavy atom. The lowest BCUT2D eigenvalue weighted by Gasteiger charge is -2.43. The Morgan fingerprint density at radius 1 is 1.29 bits per heavy atom. The highest BCUT2D eigenvalue weighted by Crippen LogP contribution is 2.38. The van der Waals surface area contributed by atoms with E-state index in [1.165, 1.54) is 12.1 Å². The van der Waals surface area contributed by atoms with Gasteiger partial charge in [-0.15, -0.1) is 0 Å². The van der Waals surface area contributed by atoms with E-state index < -0.39 is 0 Å². The first-order valence-electron chi connectivity index (χ1n) is 7.31. The number of ketones is 1. The van der Waals surface area contributed by atoms with Crippen molar-refractivity contribution in [2.45, 2.75) is 31.3 Å². The van der Waals surface area contributed by atoms with Crippen molar-refractivity contribution in [3.63, 3.8) is 0 Å². The van der Waals surface area contributed by atoms with E-state index in [1.54, 1.807) is 6.07 Å². The van der Waals surface area contributed by atoms with E-state index >= 15 is 0 Å². The van der Waals surface area contributed by atoms with E-state index in [1.807, 2.05) is 22.6 Å². The zero-order valence-corrected chi connectivity index (χ0v) is 13.9. The third-order valence-corrected chi connectivity index (χ3v) is 5.36. The summed E-state index contributed by atoms with van der Waals surface area (Å²) in [6.07, 6.45) is 3.21. The number of ether oxygens (including phenoxy) is 2. The average Bonchev–Trinajstić information content (AvgIpc) is 2.47. The highest BCUT2D eigenvalue weighted by Gasteiger charge is 2.41. The molecular weight excluding hydrogens is 386 g/mol. The topological polar surface area (TPSA) is 35.5 Å². The second kappa shape index (κ2) is 6.30. The molecule has 114 valence electrons. The molecule has 0 radical (unpaired) electrons. The molecular formula is C16H18FIO3. The smallest absolute Gasteiger partial charge is 0.167 e. The van der Waals surface area contributed by atoms with E-state index in [4.69, 9.17) is 9.47 Å². The first kappa shape index (κ1) is 15.4. The Bertz CT molecular complexity index is 535. The molecule has 5 heteroatoms. The van der Waals surface area contributed by atoms with E-state index in [0.29, 0.717) is 29.0 Å². The van der Waals surface area contributed by atoms with Crippen molar-refractivity contribution in [3.8, 4) is 0 Å². The monoisotopic (exact) mass is 404 g/mol.